The van der Waals surface area contributed by atoms with Crippen LogP contribution in [0.2, 0.25) is 0 Å². The summed E-state index contributed by atoms with van der Waals surface area (Å²) in [5, 5.41) is 11.4. The Labute approximate surface area is 178 Å². The number of rotatable bonds is 3. The number of hydrogen-bond donors (Lipinski definition) is 1. The van der Waals surface area contributed by atoms with Crippen LogP contribution in [-0.4, -0.2) is 41.4 Å². The number of aryl methyl sites for hydroxylation is 1. The Balaban J connectivity index is 1.51. The smallest absolute Gasteiger partial charge is 0.416 e. The lowest BCUT2D eigenvalue weighted by molar-refractivity contribution is -0.140. The third-order valence-electron chi connectivity index (χ3n) is 6.04. The molecule has 0 aromatic heterocycles. The molecule has 1 amide bonds. The summed E-state index contributed by atoms with van der Waals surface area (Å²) in [7, 11) is 0. The zero-order chi connectivity index (χ0) is 22.2. The van der Waals surface area contributed by atoms with Crippen molar-refractivity contribution in [3.8, 4) is 0 Å². The zero-order valence-corrected chi connectivity index (χ0v) is 17.1. The van der Waals surface area contributed by atoms with Gasteiger partial charge in [0.05, 0.1) is 36.5 Å². The number of carbonyl (C=O) groups excluding carboxylic acids is 1. The first-order valence-electron chi connectivity index (χ1n) is 10.1. The van der Waals surface area contributed by atoms with Crippen molar-refractivity contribution in [1.29, 1.82) is 0 Å². The number of nitrogens with zero attached hydrogens (tertiary/aromatic N) is 1. The third kappa shape index (κ3) is 4.41. The van der Waals surface area contributed by atoms with E-state index in [2.05, 4.69) is 0 Å². The summed E-state index contributed by atoms with van der Waals surface area (Å²) in [5.41, 5.74) is -0.711. The second-order valence-corrected chi connectivity index (χ2v) is 8.26. The van der Waals surface area contributed by atoms with Gasteiger partial charge in [-0.1, -0.05) is 42.5 Å². The first-order valence-corrected chi connectivity index (χ1v) is 10.1. The lowest BCUT2D eigenvalue weighted by Crippen LogP contribution is -2.62. The topological polar surface area (TPSA) is 59.0 Å². The number of ether oxygens (including phenoxy) is 2. The predicted octanol–water partition coefficient (Wildman–Crippen LogP) is 4.40. The van der Waals surface area contributed by atoms with Crippen molar-refractivity contribution in [3.05, 3.63) is 70.8 Å². The molecule has 2 heterocycles. The van der Waals surface area contributed by atoms with Gasteiger partial charge in [-0.3, -0.25) is 4.90 Å². The number of halogens is 3. The fraction of sp³-hybridized carbons (Fsp3) is 0.435. The fourth-order valence-electron chi connectivity index (χ4n) is 4.58. The molecule has 2 bridgehead atoms. The van der Waals surface area contributed by atoms with Gasteiger partial charge in [-0.25, -0.2) is 4.79 Å². The predicted molar refractivity (Wildman–Crippen MR) is 106 cm³/mol. The van der Waals surface area contributed by atoms with Crippen LogP contribution < -0.4 is 0 Å². The summed E-state index contributed by atoms with van der Waals surface area (Å²) in [5.74, 6) is 0. The molecule has 2 aromatic rings. The molecule has 0 radical (unpaired) electrons. The Hall–Kier alpha value is -2.58. The van der Waals surface area contributed by atoms with Crippen LogP contribution in [0.4, 0.5) is 18.0 Å². The molecule has 2 unspecified atom stereocenters. The summed E-state index contributed by atoms with van der Waals surface area (Å²) in [6.07, 6.45) is -4.60. The van der Waals surface area contributed by atoms with E-state index in [-0.39, 0.29) is 38.2 Å². The zero-order valence-electron chi connectivity index (χ0n) is 17.1. The van der Waals surface area contributed by atoms with E-state index in [4.69, 9.17) is 9.47 Å². The SMILES string of the molecule is Cc1cc(C2(O)CC3COCC(C2)N3C(=O)OCc2ccccc2)ccc1C(F)(F)F. The Morgan fingerprint density at radius 2 is 1.81 bits per heavy atom. The molecule has 2 atom stereocenters. The van der Waals surface area contributed by atoms with E-state index in [9.17, 15) is 23.1 Å². The summed E-state index contributed by atoms with van der Waals surface area (Å²) >= 11 is 0. The van der Waals surface area contributed by atoms with Crippen molar-refractivity contribution in [3.63, 3.8) is 0 Å². The van der Waals surface area contributed by atoms with Gasteiger partial charge in [0.15, 0.2) is 0 Å². The molecule has 2 aromatic carbocycles. The monoisotopic (exact) mass is 435 g/mol. The molecule has 2 fully saturated rings. The van der Waals surface area contributed by atoms with Crippen molar-refractivity contribution in [2.45, 2.75) is 50.2 Å². The second-order valence-electron chi connectivity index (χ2n) is 8.26. The number of morpholine rings is 1. The number of carbonyl (C=O) groups is 1. The maximum Gasteiger partial charge on any atom is 0.416 e. The largest absolute Gasteiger partial charge is 0.445 e. The van der Waals surface area contributed by atoms with E-state index < -0.39 is 35.5 Å². The van der Waals surface area contributed by atoms with Gasteiger partial charge in [0, 0.05) is 12.8 Å². The summed E-state index contributed by atoms with van der Waals surface area (Å²) in [6.45, 7) is 1.99. The minimum absolute atomic E-state index is 0.0598. The molecule has 0 saturated carbocycles. The average molecular weight is 435 g/mol. The maximum atomic E-state index is 13.1. The van der Waals surface area contributed by atoms with Crippen LogP contribution in [0.1, 0.15) is 35.1 Å². The minimum Gasteiger partial charge on any atom is -0.445 e. The molecule has 8 heteroatoms. The summed E-state index contributed by atoms with van der Waals surface area (Å²) in [4.78, 5) is 14.4. The van der Waals surface area contributed by atoms with Gasteiger partial charge in [-0.15, -0.1) is 0 Å². The van der Waals surface area contributed by atoms with Gasteiger partial charge in [-0.05, 0) is 29.7 Å². The molecule has 2 aliphatic heterocycles. The van der Waals surface area contributed by atoms with Crippen LogP contribution in [0.25, 0.3) is 0 Å². The highest BCUT2D eigenvalue weighted by molar-refractivity contribution is 5.69. The van der Waals surface area contributed by atoms with Crippen LogP contribution in [-0.2, 0) is 27.9 Å². The minimum atomic E-state index is -4.44. The lowest BCUT2D eigenvalue weighted by atomic mass is 9.76. The van der Waals surface area contributed by atoms with Crippen molar-refractivity contribution in [2.24, 2.45) is 0 Å². The van der Waals surface area contributed by atoms with Gasteiger partial charge in [0.2, 0.25) is 0 Å². The maximum absolute atomic E-state index is 13.1. The molecule has 31 heavy (non-hydrogen) atoms. The van der Waals surface area contributed by atoms with Gasteiger partial charge >= 0.3 is 12.3 Å². The fourth-order valence-corrected chi connectivity index (χ4v) is 4.58. The third-order valence-corrected chi connectivity index (χ3v) is 6.04. The van der Waals surface area contributed by atoms with Crippen LogP contribution in [0.15, 0.2) is 48.5 Å². The second kappa shape index (κ2) is 8.16. The molecule has 0 aliphatic carbocycles. The Morgan fingerprint density at radius 3 is 2.39 bits per heavy atom. The van der Waals surface area contributed by atoms with E-state index >= 15 is 0 Å². The highest BCUT2D eigenvalue weighted by Crippen LogP contribution is 2.43. The lowest BCUT2D eigenvalue weighted by Gasteiger charge is -2.51. The van der Waals surface area contributed by atoms with Crippen molar-refractivity contribution in [2.75, 3.05) is 13.2 Å². The van der Waals surface area contributed by atoms with Crippen molar-refractivity contribution >= 4 is 6.09 Å². The number of aliphatic hydroxyl groups is 1. The van der Waals surface area contributed by atoms with Gasteiger partial charge in [0.25, 0.3) is 0 Å². The molecular formula is C23H24F3NO4. The molecule has 166 valence electrons. The Bertz CT molecular complexity index is 934. The molecule has 0 spiro atoms. The number of amides is 1. The van der Waals surface area contributed by atoms with E-state index in [1.54, 1.807) is 4.90 Å². The van der Waals surface area contributed by atoms with Crippen molar-refractivity contribution < 1.29 is 32.5 Å². The van der Waals surface area contributed by atoms with Gasteiger partial charge in [0.1, 0.15) is 6.61 Å². The number of alkyl halides is 3. The molecule has 1 N–H and O–H groups in total. The normalized spacial score (nSPS) is 25.9. The van der Waals surface area contributed by atoms with Crippen LogP contribution in [0.5, 0.6) is 0 Å². The quantitative estimate of drug-likeness (QED) is 0.777. The van der Waals surface area contributed by atoms with E-state index in [0.717, 1.165) is 11.6 Å². The van der Waals surface area contributed by atoms with E-state index in [1.807, 2.05) is 30.3 Å². The molecule has 2 aliphatic rings. The van der Waals surface area contributed by atoms with Crippen LogP contribution in [0.3, 0.4) is 0 Å². The standard InChI is InChI=1S/C23H24F3NO4/c1-15-9-17(7-8-20(15)23(24,25)26)22(29)10-18-13-30-14-19(11-22)27(18)21(28)31-12-16-5-3-2-4-6-16/h2-9,18-19,29H,10-14H2,1H3. The molecule has 4 rings (SSSR count). The Morgan fingerprint density at radius 1 is 1.16 bits per heavy atom. The summed E-state index contributed by atoms with van der Waals surface area (Å²) < 4.78 is 50.4. The number of benzene rings is 2. The first-order chi connectivity index (χ1) is 14.7. The number of piperidine rings is 1. The van der Waals surface area contributed by atoms with Crippen molar-refractivity contribution in [1.82, 2.24) is 4.90 Å². The first kappa shape index (κ1) is 21.6. The number of hydrogen-bond acceptors (Lipinski definition) is 4. The van der Waals surface area contributed by atoms with Crippen LogP contribution in [0, 0.1) is 6.92 Å². The highest BCUT2D eigenvalue weighted by atomic mass is 19.4. The van der Waals surface area contributed by atoms with Crippen LogP contribution >= 0.6 is 0 Å². The molecular weight excluding hydrogens is 411 g/mol. The van der Waals surface area contributed by atoms with Gasteiger partial charge < -0.3 is 14.6 Å². The molecule has 5 nitrogen and oxygen atoms in total. The Kier molecular flexibility index (Phi) is 5.70. The average Bonchev–Trinajstić information content (AvgIpc) is 2.71. The number of fused-ring (bicyclic) bond motifs is 2. The van der Waals surface area contributed by atoms with Gasteiger partial charge in [-0.2, -0.15) is 13.2 Å². The van der Waals surface area contributed by atoms with E-state index in [0.29, 0.717) is 5.56 Å². The van der Waals surface area contributed by atoms with E-state index in [1.165, 1.54) is 19.1 Å². The summed E-state index contributed by atoms with van der Waals surface area (Å²) in [6, 6.07) is 12.2. The highest BCUT2D eigenvalue weighted by Gasteiger charge is 2.49. The molecule has 2 saturated heterocycles.